The molecule has 2 fully saturated rings. The quantitative estimate of drug-likeness (QED) is 0.664. The largest absolute Gasteiger partial charge is 0.381 e. The molecule has 1 saturated heterocycles. The second-order valence-electron chi connectivity index (χ2n) is 4.37. The van der Waals surface area contributed by atoms with Crippen LogP contribution < -0.4 is 0 Å². The number of aliphatic hydroxyl groups is 1. The number of ether oxygens (including phenoxy) is 2. The maximum atomic E-state index is 9.37. The lowest BCUT2D eigenvalue weighted by atomic mass is 9.94. The van der Waals surface area contributed by atoms with Crippen LogP contribution in [0, 0.1) is 17.8 Å². The molecule has 6 atom stereocenters. The summed E-state index contributed by atoms with van der Waals surface area (Å²) in [6.45, 7) is 4.34. The number of hydrogen-bond acceptors (Lipinski definition) is 3. The van der Waals surface area contributed by atoms with Crippen molar-refractivity contribution in [1.82, 2.24) is 0 Å². The molecule has 1 aliphatic carbocycles. The van der Waals surface area contributed by atoms with Gasteiger partial charge in [0.15, 0.2) is 6.29 Å². The van der Waals surface area contributed by atoms with Gasteiger partial charge in [-0.05, 0) is 11.8 Å². The highest BCUT2D eigenvalue weighted by atomic mass is 16.6. The van der Waals surface area contributed by atoms with E-state index in [9.17, 15) is 5.11 Å². The van der Waals surface area contributed by atoms with Gasteiger partial charge in [0.2, 0.25) is 0 Å². The number of rotatable bonds is 1. The Morgan fingerprint density at radius 1 is 1.31 bits per heavy atom. The maximum Gasteiger partial charge on any atom is 0.155 e. The minimum absolute atomic E-state index is 0.204. The Bertz CT molecular complexity index is 177. The van der Waals surface area contributed by atoms with Crippen LogP contribution in [-0.4, -0.2) is 30.7 Å². The van der Waals surface area contributed by atoms with Crippen molar-refractivity contribution >= 4 is 0 Å². The van der Waals surface area contributed by atoms with Crippen molar-refractivity contribution in [3.63, 3.8) is 0 Å². The molecule has 0 amide bonds. The van der Waals surface area contributed by atoms with Crippen molar-refractivity contribution in [2.45, 2.75) is 38.8 Å². The summed E-state index contributed by atoms with van der Waals surface area (Å²) in [4.78, 5) is 0. The third-order valence-corrected chi connectivity index (χ3v) is 3.71. The fourth-order valence-electron chi connectivity index (χ4n) is 3.07. The first-order valence-electron chi connectivity index (χ1n) is 5.01. The number of aliphatic hydroxyl groups excluding tert-OH is 1. The van der Waals surface area contributed by atoms with E-state index in [2.05, 4.69) is 13.8 Å². The average molecular weight is 186 g/mol. The van der Waals surface area contributed by atoms with Crippen LogP contribution in [0.3, 0.4) is 0 Å². The normalized spacial score (nSPS) is 55.4. The molecule has 76 valence electrons. The monoisotopic (exact) mass is 186 g/mol. The summed E-state index contributed by atoms with van der Waals surface area (Å²) < 4.78 is 10.9. The summed E-state index contributed by atoms with van der Waals surface area (Å²) in [6, 6.07) is 0. The zero-order valence-corrected chi connectivity index (χ0v) is 8.43. The molecule has 13 heavy (non-hydrogen) atoms. The minimum atomic E-state index is -0.544. The second-order valence-corrected chi connectivity index (χ2v) is 4.37. The first kappa shape index (κ1) is 9.44. The molecule has 3 nitrogen and oxygen atoms in total. The Morgan fingerprint density at radius 2 is 2.00 bits per heavy atom. The third kappa shape index (κ3) is 1.30. The van der Waals surface area contributed by atoms with Gasteiger partial charge in [-0.15, -0.1) is 0 Å². The van der Waals surface area contributed by atoms with Crippen LogP contribution in [0.4, 0.5) is 0 Å². The van der Waals surface area contributed by atoms with Crippen LogP contribution in [0.5, 0.6) is 0 Å². The molecule has 1 aliphatic heterocycles. The lowest BCUT2D eigenvalue weighted by Gasteiger charge is -2.21. The number of hydrogen-bond donors (Lipinski definition) is 1. The molecule has 2 rings (SSSR count). The van der Waals surface area contributed by atoms with Crippen LogP contribution in [-0.2, 0) is 9.47 Å². The van der Waals surface area contributed by atoms with Crippen molar-refractivity contribution in [2.24, 2.45) is 17.8 Å². The van der Waals surface area contributed by atoms with Crippen molar-refractivity contribution in [3.8, 4) is 0 Å². The molecule has 6 unspecified atom stereocenters. The van der Waals surface area contributed by atoms with Crippen LogP contribution in [0.1, 0.15) is 20.3 Å². The van der Waals surface area contributed by atoms with Gasteiger partial charge in [-0.3, -0.25) is 0 Å². The van der Waals surface area contributed by atoms with E-state index in [0.717, 1.165) is 6.42 Å². The van der Waals surface area contributed by atoms with E-state index in [1.807, 2.05) is 0 Å². The SMILES string of the molecule is COC1C(C)C2CC(O)OC2C1C. The van der Waals surface area contributed by atoms with Gasteiger partial charge in [0.1, 0.15) is 0 Å². The Morgan fingerprint density at radius 3 is 2.54 bits per heavy atom. The molecule has 0 spiro atoms. The van der Waals surface area contributed by atoms with E-state index >= 15 is 0 Å². The molecule has 2 aliphatic rings. The molecule has 0 aromatic heterocycles. The van der Waals surface area contributed by atoms with E-state index in [1.54, 1.807) is 7.11 Å². The molecule has 1 heterocycles. The Hall–Kier alpha value is -0.120. The van der Waals surface area contributed by atoms with Crippen molar-refractivity contribution in [2.75, 3.05) is 7.11 Å². The topological polar surface area (TPSA) is 38.7 Å². The predicted octanol–water partition coefficient (Wildman–Crippen LogP) is 1.01. The van der Waals surface area contributed by atoms with Crippen LogP contribution >= 0.6 is 0 Å². The van der Waals surface area contributed by atoms with E-state index in [-0.39, 0.29) is 6.10 Å². The van der Waals surface area contributed by atoms with E-state index in [4.69, 9.17) is 9.47 Å². The van der Waals surface area contributed by atoms with Crippen LogP contribution in [0.25, 0.3) is 0 Å². The van der Waals surface area contributed by atoms with Crippen molar-refractivity contribution in [3.05, 3.63) is 0 Å². The van der Waals surface area contributed by atoms with Crippen molar-refractivity contribution in [1.29, 1.82) is 0 Å². The lowest BCUT2D eigenvalue weighted by molar-refractivity contribution is -0.112. The van der Waals surface area contributed by atoms with E-state index in [0.29, 0.717) is 23.9 Å². The maximum absolute atomic E-state index is 9.37. The lowest BCUT2D eigenvalue weighted by Crippen LogP contribution is -2.26. The third-order valence-electron chi connectivity index (χ3n) is 3.71. The van der Waals surface area contributed by atoms with E-state index in [1.165, 1.54) is 0 Å². The first-order chi connectivity index (χ1) is 6.15. The predicted molar refractivity (Wildman–Crippen MR) is 48.1 cm³/mol. The summed E-state index contributed by atoms with van der Waals surface area (Å²) in [5, 5.41) is 9.37. The minimum Gasteiger partial charge on any atom is -0.381 e. The molecule has 0 aromatic rings. The summed E-state index contributed by atoms with van der Waals surface area (Å²) in [7, 11) is 1.76. The van der Waals surface area contributed by atoms with Crippen molar-refractivity contribution < 1.29 is 14.6 Å². The summed E-state index contributed by atoms with van der Waals surface area (Å²) in [5.41, 5.74) is 0. The highest BCUT2D eigenvalue weighted by molar-refractivity contribution is 4.98. The number of methoxy groups -OCH3 is 1. The Labute approximate surface area is 79.0 Å². The molecular formula is C10H18O3. The van der Waals surface area contributed by atoms with Gasteiger partial charge >= 0.3 is 0 Å². The Kier molecular flexibility index (Phi) is 2.34. The smallest absolute Gasteiger partial charge is 0.155 e. The standard InChI is InChI=1S/C10H18O3/c1-5-7-4-8(11)13-10(7)6(2)9(5)12-3/h5-11H,4H2,1-3H3. The summed E-state index contributed by atoms with van der Waals surface area (Å²) >= 11 is 0. The summed E-state index contributed by atoms with van der Waals surface area (Å²) in [6.07, 6.45) is 0.728. The zero-order chi connectivity index (χ0) is 9.59. The zero-order valence-electron chi connectivity index (χ0n) is 8.43. The molecular weight excluding hydrogens is 168 g/mol. The highest BCUT2D eigenvalue weighted by Crippen LogP contribution is 2.46. The van der Waals surface area contributed by atoms with Gasteiger partial charge in [-0.25, -0.2) is 0 Å². The average Bonchev–Trinajstić information content (AvgIpc) is 2.55. The highest BCUT2D eigenvalue weighted by Gasteiger charge is 2.51. The van der Waals surface area contributed by atoms with E-state index < -0.39 is 6.29 Å². The molecule has 1 N–H and O–H groups in total. The molecule has 0 aromatic carbocycles. The molecule has 3 heteroatoms. The van der Waals surface area contributed by atoms with Crippen LogP contribution in [0.15, 0.2) is 0 Å². The van der Waals surface area contributed by atoms with Gasteiger partial charge in [0.05, 0.1) is 12.2 Å². The van der Waals surface area contributed by atoms with Gasteiger partial charge in [0.25, 0.3) is 0 Å². The van der Waals surface area contributed by atoms with Gasteiger partial charge in [-0.2, -0.15) is 0 Å². The molecule has 0 radical (unpaired) electrons. The molecule has 0 bridgehead atoms. The van der Waals surface area contributed by atoms with Gasteiger partial charge < -0.3 is 14.6 Å². The van der Waals surface area contributed by atoms with Crippen LogP contribution in [0.2, 0.25) is 0 Å². The second kappa shape index (κ2) is 3.23. The number of fused-ring (bicyclic) bond motifs is 1. The fourth-order valence-corrected chi connectivity index (χ4v) is 3.07. The van der Waals surface area contributed by atoms with Gasteiger partial charge in [-0.1, -0.05) is 13.8 Å². The Balaban J connectivity index is 2.13. The first-order valence-corrected chi connectivity index (χ1v) is 5.01. The van der Waals surface area contributed by atoms with Gasteiger partial charge in [0, 0.05) is 19.4 Å². The molecule has 1 saturated carbocycles. The fraction of sp³-hybridized carbons (Fsp3) is 1.00. The summed E-state index contributed by atoms with van der Waals surface area (Å²) in [5.74, 6) is 1.39.